The van der Waals surface area contributed by atoms with E-state index in [1.165, 1.54) is 43.2 Å². The first-order valence-electron chi connectivity index (χ1n) is 9.58. The second-order valence-corrected chi connectivity index (χ2v) is 6.56. The number of esters is 1. The Kier molecular flexibility index (Phi) is 9.46. The van der Waals surface area contributed by atoms with Crippen LogP contribution in [0.1, 0.15) is 56.1 Å². The summed E-state index contributed by atoms with van der Waals surface area (Å²) in [5.74, 6) is -0.0771. The van der Waals surface area contributed by atoms with E-state index in [4.69, 9.17) is 4.74 Å². The topological polar surface area (TPSA) is 26.3 Å². The minimum absolute atomic E-state index is 0.0771. The maximum absolute atomic E-state index is 11.7. The lowest BCUT2D eigenvalue weighted by molar-refractivity contribution is -0.143. The minimum Gasteiger partial charge on any atom is -0.466 e. The third kappa shape index (κ3) is 9.09. The lowest BCUT2D eigenvalue weighted by atomic mass is 10.1. The van der Waals surface area contributed by atoms with Crippen molar-refractivity contribution in [3.05, 3.63) is 71.8 Å². The molecule has 0 saturated carbocycles. The summed E-state index contributed by atoms with van der Waals surface area (Å²) >= 11 is 0. The van der Waals surface area contributed by atoms with Crippen molar-refractivity contribution in [2.24, 2.45) is 0 Å². The van der Waals surface area contributed by atoms with Gasteiger partial charge in [-0.1, -0.05) is 86.3 Å². The van der Waals surface area contributed by atoms with Gasteiger partial charge in [-0.15, -0.1) is 0 Å². The van der Waals surface area contributed by atoms with Crippen molar-refractivity contribution in [3.8, 4) is 0 Å². The number of carbonyl (C=O) groups excluding carboxylic acids is 1. The molecule has 0 unspecified atom stereocenters. The van der Waals surface area contributed by atoms with Crippen LogP contribution in [0.4, 0.5) is 0 Å². The number of hydrogen-bond acceptors (Lipinski definition) is 2. The highest BCUT2D eigenvalue weighted by atomic mass is 16.5. The summed E-state index contributed by atoms with van der Waals surface area (Å²) in [6.07, 6.45) is 9.60. The van der Waals surface area contributed by atoms with Crippen LogP contribution in [0.5, 0.6) is 0 Å². The van der Waals surface area contributed by atoms with Gasteiger partial charge < -0.3 is 4.74 Å². The third-order valence-corrected chi connectivity index (χ3v) is 4.43. The van der Waals surface area contributed by atoms with Crippen LogP contribution in [0.15, 0.2) is 60.7 Å². The van der Waals surface area contributed by atoms with E-state index in [0.29, 0.717) is 13.0 Å². The van der Waals surface area contributed by atoms with Gasteiger partial charge in [-0.3, -0.25) is 4.79 Å². The van der Waals surface area contributed by atoms with Crippen LogP contribution in [0.2, 0.25) is 0 Å². The number of unbranched alkanes of at least 4 members (excludes halogenated alkanes) is 5. The molecule has 2 heteroatoms. The van der Waals surface area contributed by atoms with Gasteiger partial charge >= 0.3 is 5.97 Å². The highest BCUT2D eigenvalue weighted by Gasteiger charge is 2.03. The van der Waals surface area contributed by atoms with E-state index >= 15 is 0 Å². The maximum Gasteiger partial charge on any atom is 0.306 e. The van der Waals surface area contributed by atoms with Crippen molar-refractivity contribution < 1.29 is 9.53 Å². The van der Waals surface area contributed by atoms with Crippen molar-refractivity contribution in [3.63, 3.8) is 0 Å². The molecule has 0 saturated heterocycles. The molecule has 0 aromatic heterocycles. The average molecular weight is 338 g/mol. The van der Waals surface area contributed by atoms with Gasteiger partial charge in [0.2, 0.25) is 0 Å². The van der Waals surface area contributed by atoms with Crippen molar-refractivity contribution >= 4 is 5.97 Å². The number of carbonyl (C=O) groups is 1. The number of aryl methyl sites for hydroxylation is 2. The molecule has 2 nitrogen and oxygen atoms in total. The van der Waals surface area contributed by atoms with Crippen molar-refractivity contribution in [1.82, 2.24) is 0 Å². The third-order valence-electron chi connectivity index (χ3n) is 4.43. The van der Waals surface area contributed by atoms with Crippen LogP contribution < -0.4 is 0 Å². The highest BCUT2D eigenvalue weighted by molar-refractivity contribution is 5.69. The quantitative estimate of drug-likeness (QED) is 0.364. The summed E-state index contributed by atoms with van der Waals surface area (Å²) in [6, 6.07) is 20.8. The van der Waals surface area contributed by atoms with E-state index in [9.17, 15) is 4.79 Å². The average Bonchev–Trinajstić information content (AvgIpc) is 2.66. The molecular formula is C23H30O2. The molecule has 0 heterocycles. The molecule has 25 heavy (non-hydrogen) atoms. The van der Waals surface area contributed by atoms with Gasteiger partial charge in [-0.2, -0.15) is 0 Å². The fourth-order valence-corrected chi connectivity index (χ4v) is 2.93. The van der Waals surface area contributed by atoms with Gasteiger partial charge in [0, 0.05) is 6.42 Å². The summed E-state index contributed by atoms with van der Waals surface area (Å²) in [5, 5.41) is 0. The number of hydrogen-bond donors (Lipinski definition) is 0. The summed E-state index contributed by atoms with van der Waals surface area (Å²) in [4.78, 5) is 11.7. The maximum atomic E-state index is 11.7. The SMILES string of the molecule is O=C(CCc1ccccc1)OCCCCCCCCc1ccccc1. The molecule has 0 atom stereocenters. The van der Waals surface area contributed by atoms with Crippen LogP contribution in [0.25, 0.3) is 0 Å². The number of rotatable bonds is 12. The van der Waals surface area contributed by atoms with Crippen LogP contribution in [-0.2, 0) is 22.4 Å². The molecule has 0 bridgehead atoms. The van der Waals surface area contributed by atoms with E-state index < -0.39 is 0 Å². The van der Waals surface area contributed by atoms with E-state index in [1.54, 1.807) is 0 Å². The summed E-state index contributed by atoms with van der Waals surface area (Å²) < 4.78 is 5.31. The molecule has 0 fully saturated rings. The standard InChI is InChI=1S/C23H30O2/c24-23(19-18-22-16-10-6-11-17-22)25-20-12-4-2-1-3-7-13-21-14-8-5-9-15-21/h5-6,8-11,14-17H,1-4,7,12-13,18-20H2. The summed E-state index contributed by atoms with van der Waals surface area (Å²) in [7, 11) is 0. The van der Waals surface area contributed by atoms with E-state index in [1.807, 2.05) is 30.3 Å². The Bertz CT molecular complexity index is 578. The van der Waals surface area contributed by atoms with Gasteiger partial charge in [-0.05, 0) is 36.8 Å². The molecule has 2 aromatic rings. The zero-order valence-corrected chi connectivity index (χ0v) is 15.2. The predicted octanol–water partition coefficient (Wildman–Crippen LogP) is 5.75. The first-order chi connectivity index (χ1) is 12.3. The molecule has 0 aliphatic carbocycles. The first kappa shape index (κ1) is 19.2. The lowest BCUT2D eigenvalue weighted by Crippen LogP contribution is -2.07. The van der Waals surface area contributed by atoms with Crippen molar-refractivity contribution in [2.75, 3.05) is 6.61 Å². The normalized spacial score (nSPS) is 10.6. The zero-order chi connectivity index (χ0) is 17.6. The van der Waals surface area contributed by atoms with Crippen molar-refractivity contribution in [1.29, 1.82) is 0 Å². The van der Waals surface area contributed by atoms with Gasteiger partial charge in [0.1, 0.15) is 0 Å². The van der Waals surface area contributed by atoms with Gasteiger partial charge in [0.25, 0.3) is 0 Å². The Morgan fingerprint density at radius 1 is 0.640 bits per heavy atom. The van der Waals surface area contributed by atoms with Gasteiger partial charge in [0.05, 0.1) is 6.61 Å². The van der Waals surface area contributed by atoms with E-state index in [-0.39, 0.29) is 5.97 Å². The second-order valence-electron chi connectivity index (χ2n) is 6.56. The van der Waals surface area contributed by atoms with Gasteiger partial charge in [0.15, 0.2) is 0 Å². The molecule has 2 rings (SSSR count). The smallest absolute Gasteiger partial charge is 0.306 e. The Labute approximate surface area is 152 Å². The first-order valence-corrected chi connectivity index (χ1v) is 9.58. The van der Waals surface area contributed by atoms with Crippen LogP contribution in [0, 0.1) is 0 Å². The molecule has 0 aliphatic rings. The molecule has 0 amide bonds. The van der Waals surface area contributed by atoms with Gasteiger partial charge in [-0.25, -0.2) is 0 Å². The Morgan fingerprint density at radius 3 is 1.80 bits per heavy atom. The Morgan fingerprint density at radius 2 is 1.16 bits per heavy atom. The molecule has 2 aromatic carbocycles. The molecule has 0 aliphatic heterocycles. The Balaban J connectivity index is 1.38. The minimum atomic E-state index is -0.0771. The fourth-order valence-electron chi connectivity index (χ4n) is 2.93. The fraction of sp³-hybridized carbons (Fsp3) is 0.435. The van der Waals surface area contributed by atoms with Crippen LogP contribution in [0.3, 0.4) is 0 Å². The van der Waals surface area contributed by atoms with Crippen LogP contribution in [-0.4, -0.2) is 12.6 Å². The summed E-state index contributed by atoms with van der Waals surface area (Å²) in [6.45, 7) is 0.567. The predicted molar refractivity (Wildman–Crippen MR) is 104 cm³/mol. The molecule has 134 valence electrons. The monoisotopic (exact) mass is 338 g/mol. The highest BCUT2D eigenvalue weighted by Crippen LogP contribution is 2.10. The zero-order valence-electron chi connectivity index (χ0n) is 15.2. The summed E-state index contributed by atoms with van der Waals surface area (Å²) in [5.41, 5.74) is 2.62. The molecular weight excluding hydrogens is 308 g/mol. The van der Waals surface area contributed by atoms with E-state index in [2.05, 4.69) is 30.3 Å². The van der Waals surface area contributed by atoms with Crippen molar-refractivity contribution in [2.45, 2.75) is 57.8 Å². The molecule has 0 N–H and O–H groups in total. The Hall–Kier alpha value is -2.09. The molecule has 0 spiro atoms. The lowest BCUT2D eigenvalue weighted by Gasteiger charge is -2.05. The van der Waals surface area contributed by atoms with Crippen LogP contribution >= 0.6 is 0 Å². The largest absolute Gasteiger partial charge is 0.466 e. The molecule has 0 radical (unpaired) electrons. The number of ether oxygens (including phenoxy) is 1. The number of benzene rings is 2. The second kappa shape index (κ2) is 12.3. The van der Waals surface area contributed by atoms with E-state index in [0.717, 1.165) is 19.3 Å².